The molecule has 2 nitrogen and oxygen atoms in total. The first-order valence-corrected chi connectivity index (χ1v) is 7.96. The molecule has 0 spiro atoms. The molecule has 1 aliphatic rings. The van der Waals surface area contributed by atoms with E-state index in [9.17, 15) is 0 Å². The van der Waals surface area contributed by atoms with Crippen molar-refractivity contribution in [2.75, 3.05) is 26.2 Å². The molecule has 0 amide bonds. The number of hydrogen-bond acceptors (Lipinski definition) is 2. The quantitative estimate of drug-likeness (QED) is 0.703. The van der Waals surface area contributed by atoms with Crippen LogP contribution in [0.2, 0.25) is 0 Å². The van der Waals surface area contributed by atoms with Gasteiger partial charge >= 0.3 is 0 Å². The van der Waals surface area contributed by atoms with Crippen molar-refractivity contribution in [3.05, 3.63) is 0 Å². The molecule has 2 N–H and O–H groups in total. The highest BCUT2D eigenvalue weighted by molar-refractivity contribution is 4.80. The van der Waals surface area contributed by atoms with Gasteiger partial charge in [-0.15, -0.1) is 0 Å². The van der Waals surface area contributed by atoms with Crippen molar-refractivity contribution in [3.8, 4) is 0 Å². The third-order valence-corrected chi connectivity index (χ3v) is 4.49. The average molecular weight is 254 g/mol. The second-order valence-electron chi connectivity index (χ2n) is 7.04. The maximum atomic E-state index is 5.50. The molecular formula is C16H34N2. The molecule has 0 saturated carbocycles. The molecule has 0 bridgehead atoms. The fraction of sp³-hybridized carbons (Fsp3) is 1.00. The summed E-state index contributed by atoms with van der Waals surface area (Å²) in [6, 6.07) is 0. The summed E-state index contributed by atoms with van der Waals surface area (Å²) in [6.07, 6.45) is 9.46. The Balaban J connectivity index is 2.02. The van der Waals surface area contributed by atoms with E-state index in [1.807, 2.05) is 0 Å². The number of unbranched alkanes of at least 4 members (excludes halogenated alkanes) is 4. The van der Waals surface area contributed by atoms with Crippen LogP contribution in [0, 0.1) is 11.3 Å². The first-order valence-electron chi connectivity index (χ1n) is 7.96. The number of hydrogen-bond donors (Lipinski definition) is 1. The average Bonchev–Trinajstić information content (AvgIpc) is 2.33. The Morgan fingerprint density at radius 1 is 0.944 bits per heavy atom. The number of piperidine rings is 1. The normalized spacial score (nSPS) is 19.3. The van der Waals surface area contributed by atoms with Crippen LogP contribution in [-0.4, -0.2) is 31.1 Å². The van der Waals surface area contributed by atoms with E-state index in [0.717, 1.165) is 12.5 Å². The van der Waals surface area contributed by atoms with Gasteiger partial charge in [0.1, 0.15) is 0 Å². The predicted octanol–water partition coefficient (Wildman–Crippen LogP) is 3.65. The van der Waals surface area contributed by atoms with Gasteiger partial charge in [-0.25, -0.2) is 0 Å². The summed E-state index contributed by atoms with van der Waals surface area (Å²) in [5.41, 5.74) is 6.01. The lowest BCUT2D eigenvalue weighted by atomic mass is 9.75. The summed E-state index contributed by atoms with van der Waals surface area (Å²) in [6.45, 7) is 12.0. The second kappa shape index (κ2) is 8.16. The number of nitrogens with two attached hydrogens (primary N) is 1. The highest BCUT2D eigenvalue weighted by Gasteiger charge is 2.28. The van der Waals surface area contributed by atoms with Gasteiger partial charge in [-0.3, -0.25) is 0 Å². The van der Waals surface area contributed by atoms with Crippen LogP contribution in [0.25, 0.3) is 0 Å². The predicted molar refractivity (Wildman–Crippen MR) is 80.8 cm³/mol. The molecule has 1 heterocycles. The number of rotatable bonds is 7. The second-order valence-corrected chi connectivity index (χ2v) is 7.04. The third-order valence-electron chi connectivity index (χ3n) is 4.49. The summed E-state index contributed by atoms with van der Waals surface area (Å²) < 4.78 is 0. The van der Waals surface area contributed by atoms with Crippen LogP contribution in [0.15, 0.2) is 0 Å². The van der Waals surface area contributed by atoms with Gasteiger partial charge in [0, 0.05) is 0 Å². The zero-order valence-electron chi connectivity index (χ0n) is 12.9. The van der Waals surface area contributed by atoms with Crippen molar-refractivity contribution < 1.29 is 0 Å². The highest BCUT2D eigenvalue weighted by Crippen LogP contribution is 2.34. The molecule has 2 heteroatoms. The summed E-state index contributed by atoms with van der Waals surface area (Å²) in [5, 5.41) is 0. The van der Waals surface area contributed by atoms with Gasteiger partial charge in [-0.05, 0) is 63.2 Å². The van der Waals surface area contributed by atoms with Crippen molar-refractivity contribution in [1.29, 1.82) is 0 Å². The van der Waals surface area contributed by atoms with Crippen molar-refractivity contribution in [1.82, 2.24) is 4.90 Å². The van der Waals surface area contributed by atoms with E-state index < -0.39 is 0 Å². The van der Waals surface area contributed by atoms with Gasteiger partial charge in [0.25, 0.3) is 0 Å². The van der Waals surface area contributed by atoms with Crippen LogP contribution < -0.4 is 5.73 Å². The first-order chi connectivity index (χ1) is 8.54. The van der Waals surface area contributed by atoms with Crippen LogP contribution >= 0.6 is 0 Å². The molecule has 1 fully saturated rings. The molecule has 0 aliphatic carbocycles. The summed E-state index contributed by atoms with van der Waals surface area (Å²) in [5.74, 6) is 0.929. The van der Waals surface area contributed by atoms with Gasteiger partial charge in [0.2, 0.25) is 0 Å². The Kier molecular flexibility index (Phi) is 7.25. The van der Waals surface area contributed by atoms with Crippen LogP contribution in [0.3, 0.4) is 0 Å². The molecule has 0 aromatic carbocycles. The van der Waals surface area contributed by atoms with Crippen LogP contribution in [-0.2, 0) is 0 Å². The topological polar surface area (TPSA) is 29.3 Å². The Morgan fingerprint density at radius 2 is 1.50 bits per heavy atom. The Hall–Kier alpha value is -0.0800. The summed E-state index contributed by atoms with van der Waals surface area (Å²) in [4.78, 5) is 2.67. The Labute approximate surface area is 114 Å². The first kappa shape index (κ1) is 16.0. The molecule has 108 valence electrons. The van der Waals surface area contributed by atoms with Gasteiger partial charge in [-0.2, -0.15) is 0 Å². The Bertz CT molecular complexity index is 200. The monoisotopic (exact) mass is 254 g/mol. The van der Waals surface area contributed by atoms with Gasteiger partial charge in [-0.1, -0.05) is 40.0 Å². The SMILES string of the molecule is CC(C)(C)C1CCN(CCCCCCCN)CC1. The van der Waals surface area contributed by atoms with Gasteiger partial charge < -0.3 is 10.6 Å². The molecule has 0 atom stereocenters. The van der Waals surface area contributed by atoms with Crippen molar-refractivity contribution in [3.63, 3.8) is 0 Å². The lowest BCUT2D eigenvalue weighted by Gasteiger charge is -2.38. The smallest absolute Gasteiger partial charge is 0.00159 e. The van der Waals surface area contributed by atoms with E-state index in [-0.39, 0.29) is 0 Å². The lowest BCUT2D eigenvalue weighted by Crippen LogP contribution is -2.38. The van der Waals surface area contributed by atoms with Crippen LogP contribution in [0.1, 0.15) is 65.7 Å². The maximum Gasteiger partial charge on any atom is -0.00159 e. The highest BCUT2D eigenvalue weighted by atomic mass is 15.1. The molecular weight excluding hydrogens is 220 g/mol. The molecule has 0 unspecified atom stereocenters. The fourth-order valence-electron chi connectivity index (χ4n) is 3.03. The van der Waals surface area contributed by atoms with E-state index in [0.29, 0.717) is 5.41 Å². The largest absolute Gasteiger partial charge is 0.330 e. The van der Waals surface area contributed by atoms with Crippen molar-refractivity contribution >= 4 is 0 Å². The van der Waals surface area contributed by atoms with E-state index in [1.54, 1.807) is 0 Å². The summed E-state index contributed by atoms with van der Waals surface area (Å²) >= 11 is 0. The summed E-state index contributed by atoms with van der Waals surface area (Å²) in [7, 11) is 0. The van der Waals surface area contributed by atoms with E-state index >= 15 is 0 Å². The van der Waals surface area contributed by atoms with Gasteiger partial charge in [0.05, 0.1) is 0 Å². The third kappa shape index (κ3) is 6.19. The molecule has 0 radical (unpaired) electrons. The number of likely N-dealkylation sites (tertiary alicyclic amines) is 1. The minimum Gasteiger partial charge on any atom is -0.330 e. The van der Waals surface area contributed by atoms with E-state index in [4.69, 9.17) is 5.73 Å². The maximum absolute atomic E-state index is 5.50. The van der Waals surface area contributed by atoms with Crippen LogP contribution in [0.5, 0.6) is 0 Å². The zero-order valence-corrected chi connectivity index (χ0v) is 12.9. The van der Waals surface area contributed by atoms with Gasteiger partial charge in [0.15, 0.2) is 0 Å². The molecule has 0 aromatic heterocycles. The Morgan fingerprint density at radius 3 is 2.06 bits per heavy atom. The van der Waals surface area contributed by atoms with E-state index in [1.165, 1.54) is 64.6 Å². The fourth-order valence-corrected chi connectivity index (χ4v) is 3.03. The van der Waals surface area contributed by atoms with Crippen molar-refractivity contribution in [2.45, 2.75) is 65.7 Å². The molecule has 1 aliphatic heterocycles. The molecule has 1 saturated heterocycles. The molecule has 1 rings (SSSR count). The van der Waals surface area contributed by atoms with E-state index in [2.05, 4.69) is 25.7 Å². The molecule has 18 heavy (non-hydrogen) atoms. The number of nitrogens with zero attached hydrogens (tertiary/aromatic N) is 1. The standard InChI is InChI=1S/C16H34N2/c1-16(2,3)15-9-13-18(14-10-15)12-8-6-4-5-7-11-17/h15H,4-14,17H2,1-3H3. The molecule has 0 aromatic rings. The zero-order chi connectivity index (χ0) is 13.4. The minimum atomic E-state index is 0.508. The van der Waals surface area contributed by atoms with Crippen molar-refractivity contribution in [2.24, 2.45) is 17.1 Å². The van der Waals surface area contributed by atoms with Crippen LogP contribution in [0.4, 0.5) is 0 Å². The minimum absolute atomic E-state index is 0.508. The lowest BCUT2D eigenvalue weighted by molar-refractivity contribution is 0.111.